The number of benzene rings is 1. The molecule has 1 heterocycles. The molecular weight excluding hydrogens is 236 g/mol. The number of ether oxygens (including phenoxy) is 3. The van der Waals surface area contributed by atoms with Crippen molar-refractivity contribution in [1.82, 2.24) is 0 Å². The summed E-state index contributed by atoms with van der Waals surface area (Å²) in [4.78, 5) is 23.1. The highest BCUT2D eigenvalue weighted by Crippen LogP contribution is 2.34. The van der Waals surface area contributed by atoms with Gasteiger partial charge in [0.1, 0.15) is 6.42 Å². The molecule has 0 spiro atoms. The summed E-state index contributed by atoms with van der Waals surface area (Å²) in [6.07, 6.45) is -1.65. The molecule has 0 atom stereocenters. The molecule has 1 aliphatic rings. The van der Waals surface area contributed by atoms with Gasteiger partial charge in [-0.3, -0.25) is 9.59 Å². The number of rotatable bonds is 4. The van der Waals surface area contributed by atoms with E-state index in [-0.39, 0.29) is 12.5 Å². The van der Waals surface area contributed by atoms with Crippen LogP contribution in [0.2, 0.25) is 0 Å². The number of fused-ring (bicyclic) bond motifs is 1. The first-order valence-electron chi connectivity index (χ1n) is 5.71. The van der Waals surface area contributed by atoms with Crippen LogP contribution in [0.5, 0.6) is 11.5 Å². The third-order valence-electron chi connectivity index (χ3n) is 2.27. The molecule has 0 fully saturated rings. The molecule has 1 aliphatic heterocycles. The summed E-state index contributed by atoms with van der Waals surface area (Å²) in [5.41, 5.74) is 0. The van der Waals surface area contributed by atoms with Crippen LogP contribution in [0.3, 0.4) is 0 Å². The number of hydrogen-bond acceptors (Lipinski definition) is 5. The minimum atomic E-state index is -1.05. The van der Waals surface area contributed by atoms with Gasteiger partial charge in [0.15, 0.2) is 11.5 Å². The third kappa shape index (κ3) is 2.80. The molecular formula is C13H14O5. The van der Waals surface area contributed by atoms with E-state index in [9.17, 15) is 9.59 Å². The van der Waals surface area contributed by atoms with Crippen molar-refractivity contribution in [3.8, 4) is 11.5 Å². The molecule has 18 heavy (non-hydrogen) atoms. The maximum Gasteiger partial charge on any atom is 0.313 e. The van der Waals surface area contributed by atoms with E-state index in [0.717, 1.165) is 0 Å². The van der Waals surface area contributed by atoms with Gasteiger partial charge in [0.05, 0.1) is 6.10 Å². The molecule has 0 saturated heterocycles. The van der Waals surface area contributed by atoms with Crippen molar-refractivity contribution in [2.45, 2.75) is 32.7 Å². The van der Waals surface area contributed by atoms with E-state index in [1.165, 1.54) is 0 Å². The molecule has 5 heteroatoms. The number of carbonyl (C=O) groups excluding carboxylic acids is 2. The Labute approximate surface area is 105 Å². The maximum atomic E-state index is 11.8. The largest absolute Gasteiger partial charge is 0.463 e. The van der Waals surface area contributed by atoms with Crippen molar-refractivity contribution in [2.24, 2.45) is 0 Å². The van der Waals surface area contributed by atoms with Gasteiger partial charge in [-0.25, -0.2) is 0 Å². The van der Waals surface area contributed by atoms with E-state index in [4.69, 9.17) is 14.2 Å². The second-order valence-electron chi connectivity index (χ2n) is 4.20. The fraction of sp³-hybridized carbons (Fsp3) is 0.385. The van der Waals surface area contributed by atoms with Gasteiger partial charge in [0.25, 0.3) is 0 Å². The smallest absolute Gasteiger partial charge is 0.313 e. The highest BCUT2D eigenvalue weighted by molar-refractivity contribution is 5.98. The van der Waals surface area contributed by atoms with Crippen LogP contribution in [0.25, 0.3) is 0 Å². The van der Waals surface area contributed by atoms with E-state index in [1.54, 1.807) is 38.1 Å². The Hall–Kier alpha value is -2.04. The summed E-state index contributed by atoms with van der Waals surface area (Å²) < 4.78 is 15.5. The Morgan fingerprint density at radius 1 is 1.22 bits per heavy atom. The Morgan fingerprint density at radius 2 is 1.78 bits per heavy atom. The maximum absolute atomic E-state index is 11.8. The predicted octanol–water partition coefficient (Wildman–Crippen LogP) is 1.69. The average Bonchev–Trinajstić information content (AvgIpc) is 2.71. The van der Waals surface area contributed by atoms with Crippen molar-refractivity contribution >= 4 is 11.8 Å². The van der Waals surface area contributed by atoms with E-state index in [1.807, 2.05) is 0 Å². The summed E-state index contributed by atoms with van der Waals surface area (Å²) in [5.74, 6) is -0.00356. The Kier molecular flexibility index (Phi) is 3.50. The molecule has 1 aromatic rings. The fourth-order valence-corrected chi connectivity index (χ4v) is 1.56. The van der Waals surface area contributed by atoms with E-state index in [2.05, 4.69) is 0 Å². The summed E-state index contributed by atoms with van der Waals surface area (Å²) >= 11 is 0. The zero-order valence-corrected chi connectivity index (χ0v) is 10.2. The molecule has 0 aromatic heterocycles. The van der Waals surface area contributed by atoms with Gasteiger partial charge in [-0.15, -0.1) is 0 Å². The lowest BCUT2D eigenvalue weighted by molar-refractivity contribution is -0.152. The molecule has 0 radical (unpaired) electrons. The zero-order chi connectivity index (χ0) is 13.1. The van der Waals surface area contributed by atoms with Crippen LogP contribution >= 0.6 is 0 Å². The molecule has 1 aromatic carbocycles. The number of Topliss-reactive ketones (excluding diaryl/α,β-unsaturated/α-hetero) is 1. The first kappa shape index (κ1) is 12.4. The van der Waals surface area contributed by atoms with Gasteiger partial charge in [-0.1, -0.05) is 12.1 Å². The first-order chi connectivity index (χ1) is 8.56. The zero-order valence-electron chi connectivity index (χ0n) is 10.2. The minimum Gasteiger partial charge on any atom is -0.463 e. The number of hydrogen-bond donors (Lipinski definition) is 0. The van der Waals surface area contributed by atoms with Gasteiger partial charge in [0, 0.05) is 0 Å². The van der Waals surface area contributed by atoms with Crippen LogP contribution in [0.4, 0.5) is 0 Å². The van der Waals surface area contributed by atoms with Gasteiger partial charge < -0.3 is 14.2 Å². The predicted molar refractivity (Wildman–Crippen MR) is 62.3 cm³/mol. The molecule has 0 amide bonds. The number of esters is 1. The lowest BCUT2D eigenvalue weighted by Crippen LogP contribution is -2.31. The van der Waals surface area contributed by atoms with Crippen LogP contribution in [0.15, 0.2) is 24.3 Å². The lowest BCUT2D eigenvalue weighted by atomic mass is 10.3. The van der Waals surface area contributed by atoms with Crippen molar-refractivity contribution < 1.29 is 23.8 Å². The standard InChI is InChI=1S/C13H14O5/c1-8(2)16-12(15)7-9(14)13-17-10-5-3-4-6-11(10)18-13/h3-6,8,13H,7H2,1-2H3. The van der Waals surface area contributed by atoms with Crippen molar-refractivity contribution in [3.63, 3.8) is 0 Å². The second-order valence-corrected chi connectivity index (χ2v) is 4.20. The van der Waals surface area contributed by atoms with Gasteiger partial charge in [-0.2, -0.15) is 0 Å². The Bertz CT molecular complexity index is 441. The van der Waals surface area contributed by atoms with Crippen molar-refractivity contribution in [2.75, 3.05) is 0 Å². The highest BCUT2D eigenvalue weighted by atomic mass is 16.7. The van der Waals surface area contributed by atoms with E-state index < -0.39 is 18.0 Å². The lowest BCUT2D eigenvalue weighted by Gasteiger charge is -2.10. The Morgan fingerprint density at radius 3 is 2.28 bits per heavy atom. The number of carbonyl (C=O) groups is 2. The van der Waals surface area contributed by atoms with Gasteiger partial charge >= 0.3 is 12.3 Å². The number of ketones is 1. The molecule has 0 unspecified atom stereocenters. The van der Waals surface area contributed by atoms with Crippen LogP contribution in [0.1, 0.15) is 20.3 Å². The molecule has 0 saturated carbocycles. The van der Waals surface area contributed by atoms with Crippen molar-refractivity contribution in [3.05, 3.63) is 24.3 Å². The summed E-state index contributed by atoms with van der Waals surface area (Å²) in [6, 6.07) is 6.97. The van der Waals surface area contributed by atoms with Crippen molar-refractivity contribution in [1.29, 1.82) is 0 Å². The average molecular weight is 250 g/mol. The van der Waals surface area contributed by atoms with E-state index >= 15 is 0 Å². The van der Waals surface area contributed by atoms with Crippen LogP contribution in [-0.4, -0.2) is 24.1 Å². The summed E-state index contributed by atoms with van der Waals surface area (Å²) in [5, 5.41) is 0. The molecule has 96 valence electrons. The molecule has 0 bridgehead atoms. The summed E-state index contributed by atoms with van der Waals surface area (Å²) in [6.45, 7) is 3.45. The van der Waals surface area contributed by atoms with Crippen LogP contribution < -0.4 is 9.47 Å². The monoisotopic (exact) mass is 250 g/mol. The van der Waals surface area contributed by atoms with E-state index in [0.29, 0.717) is 11.5 Å². The van der Waals surface area contributed by atoms with Gasteiger partial charge in [0.2, 0.25) is 5.78 Å². The quantitative estimate of drug-likeness (QED) is 0.601. The molecule has 0 aliphatic carbocycles. The summed E-state index contributed by atoms with van der Waals surface area (Å²) in [7, 11) is 0. The Balaban J connectivity index is 1.91. The minimum absolute atomic E-state index is 0.243. The third-order valence-corrected chi connectivity index (χ3v) is 2.27. The highest BCUT2D eigenvalue weighted by Gasteiger charge is 2.31. The molecule has 0 N–H and O–H groups in total. The van der Waals surface area contributed by atoms with Crippen LogP contribution in [-0.2, 0) is 14.3 Å². The van der Waals surface area contributed by atoms with Gasteiger partial charge in [-0.05, 0) is 26.0 Å². The first-order valence-corrected chi connectivity index (χ1v) is 5.71. The SMILES string of the molecule is CC(C)OC(=O)CC(=O)C1Oc2ccccc2O1. The molecule has 2 rings (SSSR count). The fourth-order valence-electron chi connectivity index (χ4n) is 1.56. The van der Waals surface area contributed by atoms with Crippen LogP contribution in [0, 0.1) is 0 Å². The molecule has 5 nitrogen and oxygen atoms in total. The second kappa shape index (κ2) is 5.08. The topological polar surface area (TPSA) is 61.8 Å². The normalized spacial score (nSPS) is 13.7. The number of para-hydroxylation sites is 2.